The molecule has 1 unspecified atom stereocenters. The van der Waals surface area contributed by atoms with E-state index in [1.54, 1.807) is 12.1 Å². The van der Waals surface area contributed by atoms with Crippen LogP contribution in [-0.2, 0) is 0 Å². The predicted molar refractivity (Wildman–Crippen MR) is 86.7 cm³/mol. The molecule has 0 spiro atoms. The molecule has 7 heteroatoms. The molecule has 22 heavy (non-hydrogen) atoms. The van der Waals surface area contributed by atoms with Gasteiger partial charge in [-0.15, -0.1) is 12.4 Å². The first-order valence-electron chi connectivity index (χ1n) is 7.32. The van der Waals surface area contributed by atoms with Gasteiger partial charge in [0.25, 0.3) is 5.69 Å². The molecule has 0 aliphatic carbocycles. The molecule has 1 saturated heterocycles. The van der Waals surface area contributed by atoms with Crippen molar-refractivity contribution in [3.05, 3.63) is 34.4 Å². The van der Waals surface area contributed by atoms with Gasteiger partial charge in [-0.05, 0) is 44.0 Å². The van der Waals surface area contributed by atoms with Crippen molar-refractivity contribution in [3.8, 4) is 5.75 Å². The summed E-state index contributed by atoms with van der Waals surface area (Å²) >= 11 is 0. The van der Waals surface area contributed by atoms with E-state index in [1.807, 2.05) is 0 Å². The molecule has 124 valence electrons. The van der Waals surface area contributed by atoms with E-state index in [0.717, 1.165) is 19.0 Å². The number of hydrogen-bond acceptors (Lipinski definition) is 5. The third kappa shape index (κ3) is 5.79. The number of rotatable bonds is 6. The Kier molecular flexibility index (Phi) is 7.58. The molecule has 1 aromatic rings. The molecule has 6 nitrogen and oxygen atoms in total. The zero-order valence-corrected chi connectivity index (χ0v) is 13.5. The van der Waals surface area contributed by atoms with E-state index >= 15 is 0 Å². The van der Waals surface area contributed by atoms with Crippen molar-refractivity contribution >= 4 is 18.1 Å². The molecular weight excluding hydrogens is 308 g/mol. The lowest BCUT2D eigenvalue weighted by molar-refractivity contribution is -0.384. The Hall–Kier alpha value is -1.37. The van der Waals surface area contributed by atoms with E-state index in [1.165, 1.54) is 25.0 Å². The maximum absolute atomic E-state index is 10.5. The summed E-state index contributed by atoms with van der Waals surface area (Å²) in [7, 11) is 0. The third-order valence-electron chi connectivity index (χ3n) is 3.84. The SMILES string of the molecule is CC1CCN(CC(O)COc2ccc([N+](=O)[O-])cc2)CC1.Cl. The van der Waals surface area contributed by atoms with Gasteiger partial charge in [0.2, 0.25) is 0 Å². The molecule has 1 aliphatic rings. The molecule has 1 N–H and O–H groups in total. The van der Waals surface area contributed by atoms with Crippen LogP contribution in [0, 0.1) is 16.0 Å². The molecule has 1 fully saturated rings. The minimum Gasteiger partial charge on any atom is -0.491 e. The highest BCUT2D eigenvalue weighted by atomic mass is 35.5. The molecule has 0 radical (unpaired) electrons. The molecule has 0 bridgehead atoms. The van der Waals surface area contributed by atoms with E-state index < -0.39 is 11.0 Å². The standard InChI is InChI=1S/C15H22N2O4.ClH/c1-12-6-8-16(9-7-12)10-14(18)11-21-15-4-2-13(3-5-15)17(19)20;/h2-5,12,14,18H,6-11H2,1H3;1H. The maximum Gasteiger partial charge on any atom is 0.269 e. The van der Waals surface area contributed by atoms with Gasteiger partial charge in [0.1, 0.15) is 18.5 Å². The molecule has 1 aliphatic heterocycles. The molecule has 2 rings (SSSR count). The van der Waals surface area contributed by atoms with Crippen molar-refractivity contribution in [1.29, 1.82) is 0 Å². The Bertz CT molecular complexity index is 461. The zero-order chi connectivity index (χ0) is 15.2. The number of nitro benzene ring substituents is 1. The average molecular weight is 331 g/mol. The molecule has 1 heterocycles. The van der Waals surface area contributed by atoms with Crippen molar-refractivity contribution in [1.82, 2.24) is 4.90 Å². The number of halogens is 1. The number of piperidine rings is 1. The summed E-state index contributed by atoms with van der Waals surface area (Å²) < 4.78 is 5.47. The smallest absolute Gasteiger partial charge is 0.269 e. The fourth-order valence-electron chi connectivity index (χ4n) is 2.45. The predicted octanol–water partition coefficient (Wildman–Crippen LogP) is 2.49. The van der Waals surface area contributed by atoms with Gasteiger partial charge in [-0.1, -0.05) is 6.92 Å². The first-order valence-corrected chi connectivity index (χ1v) is 7.32. The lowest BCUT2D eigenvalue weighted by Crippen LogP contribution is -2.40. The Morgan fingerprint density at radius 1 is 1.36 bits per heavy atom. The Balaban J connectivity index is 0.00000242. The van der Waals surface area contributed by atoms with Crippen LogP contribution >= 0.6 is 12.4 Å². The number of benzene rings is 1. The third-order valence-corrected chi connectivity index (χ3v) is 3.84. The van der Waals surface area contributed by atoms with E-state index in [9.17, 15) is 15.2 Å². The fraction of sp³-hybridized carbons (Fsp3) is 0.600. The van der Waals surface area contributed by atoms with Crippen LogP contribution in [0.4, 0.5) is 5.69 Å². The Morgan fingerprint density at radius 2 is 1.95 bits per heavy atom. The van der Waals surface area contributed by atoms with Gasteiger partial charge in [0.05, 0.1) is 4.92 Å². The number of aliphatic hydroxyl groups excluding tert-OH is 1. The van der Waals surface area contributed by atoms with Crippen molar-refractivity contribution in [2.24, 2.45) is 5.92 Å². The zero-order valence-electron chi connectivity index (χ0n) is 12.7. The number of hydrogen-bond donors (Lipinski definition) is 1. The quantitative estimate of drug-likeness (QED) is 0.640. The van der Waals surface area contributed by atoms with Gasteiger partial charge in [-0.25, -0.2) is 0 Å². The van der Waals surface area contributed by atoms with Gasteiger partial charge in [-0.3, -0.25) is 10.1 Å². The van der Waals surface area contributed by atoms with Crippen molar-refractivity contribution in [3.63, 3.8) is 0 Å². The molecule has 0 aromatic heterocycles. The highest BCUT2D eigenvalue weighted by molar-refractivity contribution is 5.85. The normalized spacial score (nSPS) is 17.5. The minimum atomic E-state index is -0.548. The number of aliphatic hydroxyl groups is 1. The molecule has 0 amide bonds. The summed E-state index contributed by atoms with van der Waals surface area (Å²) in [5.41, 5.74) is 0.0327. The van der Waals surface area contributed by atoms with E-state index in [2.05, 4.69) is 11.8 Å². The lowest BCUT2D eigenvalue weighted by Gasteiger charge is -2.31. The summed E-state index contributed by atoms with van der Waals surface area (Å²) in [6.45, 7) is 5.11. The summed E-state index contributed by atoms with van der Waals surface area (Å²) in [6, 6.07) is 5.89. The average Bonchev–Trinajstić information content (AvgIpc) is 2.48. The van der Waals surface area contributed by atoms with E-state index in [0.29, 0.717) is 12.3 Å². The second-order valence-corrected chi connectivity index (χ2v) is 5.70. The van der Waals surface area contributed by atoms with Crippen molar-refractivity contribution in [2.75, 3.05) is 26.2 Å². The Labute approximate surface area is 136 Å². The molecule has 1 atom stereocenters. The van der Waals surface area contributed by atoms with Gasteiger partial charge in [-0.2, -0.15) is 0 Å². The van der Waals surface area contributed by atoms with E-state index in [-0.39, 0.29) is 24.7 Å². The maximum atomic E-state index is 10.5. The highest BCUT2D eigenvalue weighted by Crippen LogP contribution is 2.18. The number of β-amino-alcohol motifs (C(OH)–C–C–N with tert-alkyl or cyclic N) is 1. The number of nitro groups is 1. The lowest BCUT2D eigenvalue weighted by atomic mass is 9.99. The molecular formula is C15H23ClN2O4. The van der Waals surface area contributed by atoms with Gasteiger partial charge >= 0.3 is 0 Å². The van der Waals surface area contributed by atoms with Crippen LogP contribution in [0.5, 0.6) is 5.75 Å². The fourth-order valence-corrected chi connectivity index (χ4v) is 2.45. The van der Waals surface area contributed by atoms with Crippen LogP contribution in [-0.4, -0.2) is 47.3 Å². The number of likely N-dealkylation sites (tertiary alicyclic amines) is 1. The summed E-state index contributed by atoms with van der Waals surface area (Å²) in [4.78, 5) is 12.3. The Morgan fingerprint density at radius 3 is 2.50 bits per heavy atom. The summed E-state index contributed by atoms with van der Waals surface area (Å²) in [5, 5.41) is 20.5. The first-order chi connectivity index (χ1) is 10.0. The van der Waals surface area contributed by atoms with Crippen LogP contribution in [0.15, 0.2) is 24.3 Å². The van der Waals surface area contributed by atoms with Crippen molar-refractivity contribution in [2.45, 2.75) is 25.9 Å². The molecule has 0 saturated carbocycles. The monoisotopic (exact) mass is 330 g/mol. The number of nitrogens with zero attached hydrogens (tertiary/aromatic N) is 2. The van der Waals surface area contributed by atoms with Crippen LogP contribution in [0.25, 0.3) is 0 Å². The first kappa shape index (κ1) is 18.7. The van der Waals surface area contributed by atoms with Gasteiger partial charge < -0.3 is 14.7 Å². The summed E-state index contributed by atoms with van der Waals surface area (Å²) in [5.74, 6) is 1.31. The van der Waals surface area contributed by atoms with Crippen LogP contribution in [0.3, 0.4) is 0 Å². The van der Waals surface area contributed by atoms with Gasteiger partial charge in [0.15, 0.2) is 0 Å². The minimum absolute atomic E-state index is 0. The topological polar surface area (TPSA) is 75.8 Å². The second-order valence-electron chi connectivity index (χ2n) is 5.70. The number of ether oxygens (including phenoxy) is 1. The van der Waals surface area contributed by atoms with E-state index in [4.69, 9.17) is 4.74 Å². The van der Waals surface area contributed by atoms with Crippen LogP contribution < -0.4 is 4.74 Å². The largest absolute Gasteiger partial charge is 0.491 e. The van der Waals surface area contributed by atoms with Crippen LogP contribution in [0.2, 0.25) is 0 Å². The van der Waals surface area contributed by atoms with Gasteiger partial charge in [0, 0.05) is 18.7 Å². The molecule has 1 aromatic carbocycles. The highest BCUT2D eigenvalue weighted by Gasteiger charge is 2.18. The number of non-ortho nitro benzene ring substituents is 1. The second kappa shape index (κ2) is 8.92. The van der Waals surface area contributed by atoms with Crippen LogP contribution in [0.1, 0.15) is 19.8 Å². The summed E-state index contributed by atoms with van der Waals surface area (Å²) in [6.07, 6.45) is 1.81. The van der Waals surface area contributed by atoms with Crippen molar-refractivity contribution < 1.29 is 14.8 Å².